The number of nitrogens with zero attached hydrogens (tertiary/aromatic N) is 3. The van der Waals surface area contributed by atoms with Crippen molar-refractivity contribution in [2.75, 3.05) is 31.3 Å². The molecule has 1 fully saturated rings. The molecule has 4 rings (SSSR count). The van der Waals surface area contributed by atoms with Crippen LogP contribution in [0.3, 0.4) is 0 Å². The van der Waals surface area contributed by atoms with E-state index in [0.717, 1.165) is 45.6 Å². The highest BCUT2D eigenvalue weighted by atomic mass is 32.1. The number of aromatic nitrogens is 2. The maximum Gasteiger partial charge on any atom is 0.313 e. The molecule has 1 aliphatic rings. The maximum atomic E-state index is 13.3. The van der Waals surface area contributed by atoms with Crippen molar-refractivity contribution in [2.45, 2.75) is 45.6 Å². The first-order chi connectivity index (χ1) is 16.4. The molecule has 1 aromatic carbocycles. The molecule has 1 aliphatic heterocycles. The van der Waals surface area contributed by atoms with Gasteiger partial charge in [0.15, 0.2) is 0 Å². The molecule has 0 spiro atoms. The molecule has 3 N–H and O–H groups in total. The monoisotopic (exact) mass is 481 g/mol. The first-order valence-corrected chi connectivity index (χ1v) is 12.5. The number of carbonyl (C=O) groups is 2. The highest BCUT2D eigenvalue weighted by molar-refractivity contribution is 7.18. The summed E-state index contributed by atoms with van der Waals surface area (Å²) in [6.07, 6.45) is 4.74. The lowest BCUT2D eigenvalue weighted by atomic mass is 9.89. The fourth-order valence-corrected chi connectivity index (χ4v) is 5.34. The number of amides is 2. The lowest BCUT2D eigenvalue weighted by Gasteiger charge is -2.38. The molecule has 0 radical (unpaired) electrons. The minimum Gasteiger partial charge on any atom is -0.384 e. The summed E-state index contributed by atoms with van der Waals surface area (Å²) in [5.74, 6) is -0.448. The zero-order valence-corrected chi connectivity index (χ0v) is 20.7. The topological polar surface area (TPSA) is 110 Å². The Labute approximate surface area is 203 Å². The Bertz CT molecular complexity index is 1190. The molecule has 0 unspecified atom stereocenters. The minimum atomic E-state index is -0.663. The SMILES string of the molecule is CCc1cc(NC(=O)C(=O)N2C[C@H](C)CC[C@H]2c2ccc3sc(CCOC)nc3c2)cnc1N. The van der Waals surface area contributed by atoms with Crippen molar-refractivity contribution in [3.63, 3.8) is 0 Å². The van der Waals surface area contributed by atoms with Crippen molar-refractivity contribution >= 4 is 44.9 Å². The molecule has 9 heteroatoms. The summed E-state index contributed by atoms with van der Waals surface area (Å²) in [6.45, 7) is 5.24. The predicted octanol–water partition coefficient (Wildman–Crippen LogP) is 3.96. The zero-order valence-electron chi connectivity index (χ0n) is 19.8. The van der Waals surface area contributed by atoms with Crippen LogP contribution in [0, 0.1) is 5.92 Å². The molecule has 8 nitrogen and oxygen atoms in total. The highest BCUT2D eigenvalue weighted by Crippen LogP contribution is 2.35. The van der Waals surface area contributed by atoms with Crippen LogP contribution in [0.2, 0.25) is 0 Å². The fourth-order valence-electron chi connectivity index (χ4n) is 4.41. The number of benzene rings is 1. The van der Waals surface area contributed by atoms with Crippen molar-refractivity contribution < 1.29 is 14.3 Å². The zero-order chi connectivity index (χ0) is 24.2. The number of carbonyl (C=O) groups excluding carboxylic acids is 2. The molecule has 0 aliphatic carbocycles. The number of piperidine rings is 1. The summed E-state index contributed by atoms with van der Waals surface area (Å²) < 4.78 is 6.28. The third-order valence-electron chi connectivity index (χ3n) is 6.27. The van der Waals surface area contributed by atoms with Gasteiger partial charge in [-0.05, 0) is 54.5 Å². The second kappa shape index (κ2) is 10.5. The Morgan fingerprint density at radius 3 is 2.88 bits per heavy atom. The van der Waals surface area contributed by atoms with E-state index in [1.165, 1.54) is 6.20 Å². The second-order valence-electron chi connectivity index (χ2n) is 8.81. The fraction of sp³-hybridized carbons (Fsp3) is 0.440. The number of nitrogens with one attached hydrogen (secondary N) is 1. The van der Waals surface area contributed by atoms with Gasteiger partial charge in [-0.15, -0.1) is 11.3 Å². The molecule has 0 bridgehead atoms. The summed E-state index contributed by atoms with van der Waals surface area (Å²) in [6, 6.07) is 7.76. The van der Waals surface area contributed by atoms with Crippen LogP contribution < -0.4 is 11.1 Å². The summed E-state index contributed by atoms with van der Waals surface area (Å²) in [5.41, 5.74) is 9.09. The molecule has 180 valence electrons. The highest BCUT2D eigenvalue weighted by Gasteiger charge is 2.34. The number of hydrogen-bond acceptors (Lipinski definition) is 7. The van der Waals surface area contributed by atoms with Crippen LogP contribution in [0.25, 0.3) is 10.2 Å². The van der Waals surface area contributed by atoms with E-state index in [-0.39, 0.29) is 6.04 Å². The normalized spacial score (nSPS) is 18.3. The number of anilines is 2. The van der Waals surface area contributed by atoms with E-state index in [4.69, 9.17) is 15.5 Å². The summed E-state index contributed by atoms with van der Waals surface area (Å²) >= 11 is 1.66. The number of thiazole rings is 1. The number of hydrogen-bond donors (Lipinski definition) is 2. The van der Waals surface area contributed by atoms with Gasteiger partial charge in [-0.25, -0.2) is 9.97 Å². The van der Waals surface area contributed by atoms with E-state index in [9.17, 15) is 9.59 Å². The van der Waals surface area contributed by atoms with Crippen molar-refractivity contribution in [1.29, 1.82) is 0 Å². The molecular formula is C25H31N5O3S. The molecule has 1 saturated heterocycles. The molecule has 3 aromatic rings. The van der Waals surface area contributed by atoms with Crippen LogP contribution in [0.15, 0.2) is 30.5 Å². The van der Waals surface area contributed by atoms with E-state index in [2.05, 4.69) is 35.4 Å². The van der Waals surface area contributed by atoms with Crippen LogP contribution in [-0.2, 0) is 27.2 Å². The van der Waals surface area contributed by atoms with Crippen molar-refractivity contribution in [2.24, 2.45) is 5.92 Å². The number of rotatable bonds is 6. The predicted molar refractivity (Wildman–Crippen MR) is 135 cm³/mol. The number of likely N-dealkylation sites (tertiary alicyclic amines) is 1. The Kier molecular flexibility index (Phi) is 7.43. The van der Waals surface area contributed by atoms with Gasteiger partial charge in [-0.2, -0.15) is 0 Å². The van der Waals surface area contributed by atoms with Gasteiger partial charge in [0.05, 0.1) is 39.8 Å². The maximum absolute atomic E-state index is 13.3. The van der Waals surface area contributed by atoms with Gasteiger partial charge in [0.25, 0.3) is 0 Å². The average Bonchev–Trinajstić information content (AvgIpc) is 3.25. The molecule has 3 heterocycles. The van der Waals surface area contributed by atoms with E-state index in [1.54, 1.807) is 29.4 Å². The van der Waals surface area contributed by atoms with E-state index in [0.29, 0.717) is 37.0 Å². The summed E-state index contributed by atoms with van der Waals surface area (Å²) in [4.78, 5) is 36.8. The number of aryl methyl sites for hydroxylation is 1. The largest absolute Gasteiger partial charge is 0.384 e. The Hall–Kier alpha value is -3.04. The number of nitrogens with two attached hydrogens (primary N) is 1. The molecule has 2 atom stereocenters. The van der Waals surface area contributed by atoms with Gasteiger partial charge in [0, 0.05) is 20.1 Å². The Balaban J connectivity index is 1.55. The van der Waals surface area contributed by atoms with Gasteiger partial charge < -0.3 is 20.7 Å². The molecule has 2 aromatic heterocycles. The molecule has 34 heavy (non-hydrogen) atoms. The van der Waals surface area contributed by atoms with E-state index in [1.807, 2.05) is 6.92 Å². The van der Waals surface area contributed by atoms with Crippen molar-refractivity contribution in [3.8, 4) is 0 Å². The van der Waals surface area contributed by atoms with Crippen LogP contribution in [-0.4, -0.2) is 46.9 Å². The summed E-state index contributed by atoms with van der Waals surface area (Å²) in [7, 11) is 1.68. The van der Waals surface area contributed by atoms with E-state index >= 15 is 0 Å². The van der Waals surface area contributed by atoms with Gasteiger partial charge in [0.2, 0.25) is 0 Å². The van der Waals surface area contributed by atoms with Crippen molar-refractivity contribution in [1.82, 2.24) is 14.9 Å². The van der Waals surface area contributed by atoms with Crippen LogP contribution in [0.4, 0.5) is 11.5 Å². The number of methoxy groups -OCH3 is 1. The third kappa shape index (κ3) is 5.20. The van der Waals surface area contributed by atoms with Gasteiger partial charge in [-0.3, -0.25) is 9.59 Å². The quantitative estimate of drug-likeness (QED) is 0.516. The van der Waals surface area contributed by atoms with Crippen LogP contribution >= 0.6 is 11.3 Å². The minimum absolute atomic E-state index is 0.168. The lowest BCUT2D eigenvalue weighted by molar-refractivity contribution is -0.146. The molecule has 0 saturated carbocycles. The first kappa shape index (κ1) is 24.1. The number of fused-ring (bicyclic) bond motifs is 1. The standard InChI is InChI=1S/C25H31N5O3S/c1-4-16-11-18(13-27-23(16)26)28-24(31)25(32)30-14-15(2)5-7-20(30)17-6-8-21-19(12-17)29-22(34-21)9-10-33-3/h6,8,11-13,15,20H,4-5,7,9-10,14H2,1-3H3,(H2,26,27)(H,28,31)/t15-,20+/m1/s1. The smallest absolute Gasteiger partial charge is 0.313 e. The molecule has 2 amide bonds. The van der Waals surface area contributed by atoms with Crippen LogP contribution in [0.1, 0.15) is 48.9 Å². The number of nitrogen functional groups attached to an aromatic ring is 1. The summed E-state index contributed by atoms with van der Waals surface area (Å²) in [5, 5.41) is 3.74. The number of ether oxygens (including phenoxy) is 1. The van der Waals surface area contributed by atoms with Gasteiger partial charge >= 0.3 is 11.8 Å². The number of pyridine rings is 1. The van der Waals surface area contributed by atoms with Gasteiger partial charge in [0.1, 0.15) is 5.82 Å². The average molecular weight is 482 g/mol. The Morgan fingerprint density at radius 1 is 1.29 bits per heavy atom. The lowest BCUT2D eigenvalue weighted by Crippen LogP contribution is -2.46. The first-order valence-electron chi connectivity index (χ1n) is 11.6. The van der Waals surface area contributed by atoms with Crippen molar-refractivity contribution in [3.05, 3.63) is 46.6 Å². The second-order valence-corrected chi connectivity index (χ2v) is 9.92. The van der Waals surface area contributed by atoms with Gasteiger partial charge in [-0.1, -0.05) is 19.9 Å². The third-order valence-corrected chi connectivity index (χ3v) is 7.37. The molecular weight excluding hydrogens is 450 g/mol. The Morgan fingerprint density at radius 2 is 2.12 bits per heavy atom. The van der Waals surface area contributed by atoms with E-state index < -0.39 is 11.8 Å². The van der Waals surface area contributed by atoms with Crippen LogP contribution in [0.5, 0.6) is 0 Å².